The zero-order valence-electron chi connectivity index (χ0n) is 11.9. The molecule has 0 fully saturated rings. The molecule has 2 rings (SSSR count). The van der Waals surface area contributed by atoms with Crippen molar-refractivity contribution in [1.82, 2.24) is 5.32 Å². The molecule has 0 aliphatic heterocycles. The standard InChI is InChI=1S/C17H18FNO2/c1-2-21-16-8-6-13(7-9-16)11-17(20)19-12-14-4-3-5-15(18)10-14/h3-10H,2,11-12H2,1H3,(H,19,20). The first-order chi connectivity index (χ1) is 10.2. The van der Waals surface area contributed by atoms with E-state index in [4.69, 9.17) is 4.74 Å². The fourth-order valence-electron chi connectivity index (χ4n) is 1.97. The summed E-state index contributed by atoms with van der Waals surface area (Å²) in [6.07, 6.45) is 0.293. The number of ether oxygens (including phenoxy) is 1. The topological polar surface area (TPSA) is 38.3 Å². The molecule has 1 N–H and O–H groups in total. The lowest BCUT2D eigenvalue weighted by atomic mass is 10.1. The maximum Gasteiger partial charge on any atom is 0.224 e. The van der Waals surface area contributed by atoms with Crippen molar-refractivity contribution in [1.29, 1.82) is 0 Å². The van der Waals surface area contributed by atoms with Crippen molar-refractivity contribution >= 4 is 5.91 Å². The molecular weight excluding hydrogens is 269 g/mol. The second-order valence-electron chi connectivity index (χ2n) is 4.66. The van der Waals surface area contributed by atoms with Gasteiger partial charge in [-0.2, -0.15) is 0 Å². The molecule has 2 aromatic rings. The van der Waals surface area contributed by atoms with Gasteiger partial charge in [0.25, 0.3) is 0 Å². The molecule has 2 aromatic carbocycles. The van der Waals surface area contributed by atoms with Crippen LogP contribution in [0.3, 0.4) is 0 Å². The van der Waals surface area contributed by atoms with Gasteiger partial charge in [0.2, 0.25) is 5.91 Å². The number of amides is 1. The second-order valence-corrected chi connectivity index (χ2v) is 4.66. The lowest BCUT2D eigenvalue weighted by molar-refractivity contribution is -0.120. The van der Waals surface area contributed by atoms with E-state index in [1.807, 2.05) is 31.2 Å². The minimum Gasteiger partial charge on any atom is -0.494 e. The SMILES string of the molecule is CCOc1ccc(CC(=O)NCc2cccc(F)c2)cc1. The van der Waals surface area contributed by atoms with E-state index in [9.17, 15) is 9.18 Å². The van der Waals surface area contributed by atoms with Crippen molar-refractivity contribution in [2.45, 2.75) is 19.9 Å². The third kappa shape index (κ3) is 4.91. The zero-order valence-corrected chi connectivity index (χ0v) is 11.9. The number of nitrogens with one attached hydrogen (secondary N) is 1. The molecule has 0 aliphatic carbocycles. The van der Waals surface area contributed by atoms with Gasteiger partial charge in [0.05, 0.1) is 13.0 Å². The number of hydrogen-bond donors (Lipinski definition) is 1. The maximum absolute atomic E-state index is 13.0. The summed E-state index contributed by atoms with van der Waals surface area (Å²) in [5.74, 6) is 0.401. The van der Waals surface area contributed by atoms with Crippen molar-refractivity contribution in [3.8, 4) is 5.75 Å². The number of halogens is 1. The Kier molecular flexibility index (Phi) is 5.32. The van der Waals surface area contributed by atoms with Gasteiger partial charge in [-0.3, -0.25) is 4.79 Å². The van der Waals surface area contributed by atoms with Crippen LogP contribution in [0.25, 0.3) is 0 Å². The smallest absolute Gasteiger partial charge is 0.224 e. The highest BCUT2D eigenvalue weighted by molar-refractivity contribution is 5.78. The first-order valence-corrected chi connectivity index (χ1v) is 6.90. The number of benzene rings is 2. The van der Waals surface area contributed by atoms with E-state index in [0.717, 1.165) is 16.9 Å². The lowest BCUT2D eigenvalue weighted by Gasteiger charge is -2.07. The van der Waals surface area contributed by atoms with Gasteiger partial charge in [-0.15, -0.1) is 0 Å². The van der Waals surface area contributed by atoms with E-state index < -0.39 is 0 Å². The Morgan fingerprint density at radius 2 is 1.90 bits per heavy atom. The van der Waals surface area contributed by atoms with Crippen LogP contribution in [-0.4, -0.2) is 12.5 Å². The molecule has 3 nitrogen and oxygen atoms in total. The highest BCUT2D eigenvalue weighted by atomic mass is 19.1. The molecule has 110 valence electrons. The van der Waals surface area contributed by atoms with Crippen molar-refractivity contribution in [2.24, 2.45) is 0 Å². The summed E-state index contributed by atoms with van der Waals surface area (Å²) in [6.45, 7) is 2.87. The first-order valence-electron chi connectivity index (χ1n) is 6.90. The fourth-order valence-corrected chi connectivity index (χ4v) is 1.97. The predicted molar refractivity (Wildman–Crippen MR) is 79.6 cm³/mol. The van der Waals surface area contributed by atoms with Gasteiger partial charge >= 0.3 is 0 Å². The molecule has 1 amide bonds. The van der Waals surface area contributed by atoms with Crippen LogP contribution in [-0.2, 0) is 17.8 Å². The summed E-state index contributed by atoms with van der Waals surface area (Å²) in [7, 11) is 0. The number of carbonyl (C=O) groups excluding carboxylic acids is 1. The molecule has 0 bridgehead atoms. The van der Waals surface area contributed by atoms with Gasteiger partial charge in [0.15, 0.2) is 0 Å². The lowest BCUT2D eigenvalue weighted by Crippen LogP contribution is -2.24. The van der Waals surface area contributed by atoms with Gasteiger partial charge in [-0.05, 0) is 42.3 Å². The van der Waals surface area contributed by atoms with Crippen LogP contribution in [0.5, 0.6) is 5.75 Å². The van der Waals surface area contributed by atoms with Crippen molar-refractivity contribution in [2.75, 3.05) is 6.61 Å². The zero-order chi connectivity index (χ0) is 15.1. The summed E-state index contributed by atoms with van der Waals surface area (Å²) in [4.78, 5) is 11.8. The Morgan fingerprint density at radius 1 is 1.14 bits per heavy atom. The molecule has 0 aliphatic rings. The third-order valence-electron chi connectivity index (χ3n) is 2.98. The molecule has 0 saturated carbocycles. The molecule has 0 spiro atoms. The van der Waals surface area contributed by atoms with Crippen LogP contribution in [0.2, 0.25) is 0 Å². The molecule has 4 heteroatoms. The highest BCUT2D eigenvalue weighted by Crippen LogP contribution is 2.12. The molecule has 0 unspecified atom stereocenters. The number of carbonyl (C=O) groups is 1. The Labute approximate surface area is 123 Å². The number of rotatable bonds is 6. The molecular formula is C17H18FNO2. The summed E-state index contributed by atoms with van der Waals surface area (Å²) in [5, 5.41) is 2.78. The summed E-state index contributed by atoms with van der Waals surface area (Å²) < 4.78 is 18.4. The van der Waals surface area contributed by atoms with Gasteiger partial charge < -0.3 is 10.1 Å². The van der Waals surface area contributed by atoms with E-state index in [2.05, 4.69) is 5.32 Å². The van der Waals surface area contributed by atoms with Crippen LogP contribution < -0.4 is 10.1 Å². The normalized spacial score (nSPS) is 10.2. The van der Waals surface area contributed by atoms with Crippen LogP contribution in [0, 0.1) is 5.82 Å². The van der Waals surface area contributed by atoms with Gasteiger partial charge in [0.1, 0.15) is 11.6 Å². The second kappa shape index (κ2) is 7.43. The van der Waals surface area contributed by atoms with Crippen LogP contribution in [0.4, 0.5) is 4.39 Å². The Morgan fingerprint density at radius 3 is 2.57 bits per heavy atom. The highest BCUT2D eigenvalue weighted by Gasteiger charge is 2.04. The van der Waals surface area contributed by atoms with Crippen molar-refractivity contribution < 1.29 is 13.9 Å². The predicted octanol–water partition coefficient (Wildman–Crippen LogP) is 3.08. The van der Waals surface area contributed by atoms with E-state index in [-0.39, 0.29) is 11.7 Å². The van der Waals surface area contributed by atoms with Gasteiger partial charge in [0, 0.05) is 6.54 Å². The van der Waals surface area contributed by atoms with Crippen LogP contribution >= 0.6 is 0 Å². The average Bonchev–Trinajstić information content (AvgIpc) is 2.48. The fraction of sp³-hybridized carbons (Fsp3) is 0.235. The van der Waals surface area contributed by atoms with Gasteiger partial charge in [-0.25, -0.2) is 4.39 Å². The monoisotopic (exact) mass is 287 g/mol. The van der Waals surface area contributed by atoms with E-state index in [1.54, 1.807) is 12.1 Å². The van der Waals surface area contributed by atoms with E-state index >= 15 is 0 Å². The largest absolute Gasteiger partial charge is 0.494 e. The first kappa shape index (κ1) is 15.0. The minimum absolute atomic E-state index is 0.0941. The van der Waals surface area contributed by atoms with E-state index in [0.29, 0.717) is 19.6 Å². The summed E-state index contributed by atoms with van der Waals surface area (Å²) in [6, 6.07) is 13.6. The maximum atomic E-state index is 13.0. The molecule has 21 heavy (non-hydrogen) atoms. The van der Waals surface area contributed by atoms with E-state index in [1.165, 1.54) is 12.1 Å². The molecule has 0 saturated heterocycles. The Bertz CT molecular complexity index is 596. The summed E-state index contributed by atoms with van der Waals surface area (Å²) in [5.41, 5.74) is 1.66. The number of hydrogen-bond acceptors (Lipinski definition) is 2. The average molecular weight is 287 g/mol. The van der Waals surface area contributed by atoms with Crippen molar-refractivity contribution in [3.63, 3.8) is 0 Å². The molecule has 0 atom stereocenters. The van der Waals surface area contributed by atoms with Crippen LogP contribution in [0.1, 0.15) is 18.1 Å². The third-order valence-corrected chi connectivity index (χ3v) is 2.98. The minimum atomic E-state index is -0.298. The Hall–Kier alpha value is -2.36. The molecule has 0 aromatic heterocycles. The molecule has 0 heterocycles. The quantitative estimate of drug-likeness (QED) is 0.886. The van der Waals surface area contributed by atoms with Crippen molar-refractivity contribution in [3.05, 3.63) is 65.5 Å². The molecule has 0 radical (unpaired) electrons. The Balaban J connectivity index is 1.84. The van der Waals surface area contributed by atoms with Gasteiger partial charge in [-0.1, -0.05) is 24.3 Å². The summed E-state index contributed by atoms with van der Waals surface area (Å²) >= 11 is 0. The van der Waals surface area contributed by atoms with Crippen LogP contribution in [0.15, 0.2) is 48.5 Å².